The number of fused-ring (bicyclic) bond motifs is 1. The number of rotatable bonds is 5. The summed E-state index contributed by atoms with van der Waals surface area (Å²) < 4.78 is 7.54. The molecule has 2 unspecified atom stereocenters. The lowest BCUT2D eigenvalue weighted by Gasteiger charge is -2.31. The first-order valence-corrected chi connectivity index (χ1v) is 7.25. The number of nitrogens with one attached hydrogen (secondary N) is 1. The molecule has 1 heterocycles. The summed E-state index contributed by atoms with van der Waals surface area (Å²) in [6.45, 7) is 6.52. The Labute approximate surface area is 116 Å². The van der Waals surface area contributed by atoms with Crippen molar-refractivity contribution in [2.45, 2.75) is 64.1 Å². The summed E-state index contributed by atoms with van der Waals surface area (Å²) in [5.41, 5.74) is 2.71. The Kier molecular flexibility index (Phi) is 4.31. The quantitative estimate of drug-likeness (QED) is 0.889. The fraction of sp³-hybridized carbons (Fsp3) is 0.800. The molecule has 1 aromatic heterocycles. The smallest absolute Gasteiger partial charge is 0.0637 e. The zero-order valence-corrected chi connectivity index (χ0v) is 12.9. The molecule has 0 saturated carbocycles. The van der Waals surface area contributed by atoms with E-state index in [-0.39, 0.29) is 5.60 Å². The summed E-state index contributed by atoms with van der Waals surface area (Å²) in [6, 6.07) is 0.881. The molecule has 0 bridgehead atoms. The first-order valence-electron chi connectivity index (χ1n) is 7.25. The minimum absolute atomic E-state index is 0.0706. The Morgan fingerprint density at radius 3 is 3.00 bits per heavy atom. The van der Waals surface area contributed by atoms with Crippen LogP contribution in [-0.4, -0.2) is 28.5 Å². The second kappa shape index (κ2) is 5.63. The topological polar surface area (TPSA) is 39.1 Å². The van der Waals surface area contributed by atoms with E-state index in [9.17, 15) is 0 Å². The number of ether oxygens (including phenoxy) is 1. The van der Waals surface area contributed by atoms with Crippen LogP contribution in [-0.2, 0) is 18.2 Å². The Bertz CT molecular complexity index is 425. The van der Waals surface area contributed by atoms with Gasteiger partial charge in [-0.2, -0.15) is 5.10 Å². The molecule has 0 spiro atoms. The van der Waals surface area contributed by atoms with Crippen LogP contribution in [0.4, 0.5) is 0 Å². The molecule has 0 aromatic carbocycles. The number of hydrogen-bond acceptors (Lipinski definition) is 3. The molecule has 0 fully saturated rings. The third kappa shape index (κ3) is 3.37. The van der Waals surface area contributed by atoms with Crippen molar-refractivity contribution in [3.05, 3.63) is 17.5 Å². The van der Waals surface area contributed by atoms with Crippen molar-refractivity contribution in [2.24, 2.45) is 7.05 Å². The van der Waals surface area contributed by atoms with Crippen LogP contribution < -0.4 is 5.32 Å². The second-order valence-electron chi connectivity index (χ2n) is 6.35. The molecule has 1 aromatic rings. The molecule has 4 heteroatoms. The van der Waals surface area contributed by atoms with Crippen LogP contribution >= 0.6 is 0 Å². The molecule has 0 amide bonds. The first kappa shape index (κ1) is 14.5. The van der Waals surface area contributed by atoms with Crippen molar-refractivity contribution in [3.63, 3.8) is 0 Å². The molecule has 1 aliphatic rings. The second-order valence-corrected chi connectivity index (χ2v) is 6.35. The maximum absolute atomic E-state index is 5.51. The van der Waals surface area contributed by atoms with Crippen LogP contribution in [0.1, 0.15) is 57.3 Å². The van der Waals surface area contributed by atoms with Crippen LogP contribution in [0.5, 0.6) is 0 Å². The fourth-order valence-electron chi connectivity index (χ4n) is 3.10. The van der Waals surface area contributed by atoms with Gasteiger partial charge in [0, 0.05) is 37.5 Å². The van der Waals surface area contributed by atoms with Gasteiger partial charge in [-0.25, -0.2) is 0 Å². The standard InChI is InChI=1S/C15H27N3O/c1-11(9-15(2,3)19-5)17-13-7-6-8-14-12(13)10-16-18(14)4/h10-11,13,17H,6-9H2,1-5H3. The predicted octanol–water partition coefficient (Wildman–Crippen LogP) is 2.59. The molecule has 4 nitrogen and oxygen atoms in total. The van der Waals surface area contributed by atoms with Gasteiger partial charge in [-0.1, -0.05) is 0 Å². The fourth-order valence-corrected chi connectivity index (χ4v) is 3.10. The molecule has 108 valence electrons. The SMILES string of the molecule is COC(C)(C)CC(C)NC1CCCc2c1cnn2C. The molecule has 1 N–H and O–H groups in total. The highest BCUT2D eigenvalue weighted by Crippen LogP contribution is 2.30. The summed E-state index contributed by atoms with van der Waals surface area (Å²) in [5, 5.41) is 8.14. The van der Waals surface area contributed by atoms with Gasteiger partial charge in [0.1, 0.15) is 0 Å². The number of hydrogen-bond donors (Lipinski definition) is 1. The van der Waals surface area contributed by atoms with Crippen molar-refractivity contribution >= 4 is 0 Å². The Balaban J connectivity index is 2.01. The van der Waals surface area contributed by atoms with Crippen LogP contribution in [0.25, 0.3) is 0 Å². The van der Waals surface area contributed by atoms with E-state index in [1.165, 1.54) is 24.1 Å². The molecule has 1 aliphatic carbocycles. The van der Waals surface area contributed by atoms with Crippen molar-refractivity contribution in [1.29, 1.82) is 0 Å². The van der Waals surface area contributed by atoms with E-state index in [1.807, 2.05) is 17.9 Å². The predicted molar refractivity (Wildman–Crippen MR) is 77.2 cm³/mol. The number of nitrogens with zero attached hydrogens (tertiary/aromatic N) is 2. The molecular formula is C15H27N3O. The van der Waals surface area contributed by atoms with Gasteiger partial charge in [0.25, 0.3) is 0 Å². The highest BCUT2D eigenvalue weighted by molar-refractivity contribution is 5.24. The maximum atomic E-state index is 5.51. The van der Waals surface area contributed by atoms with Gasteiger partial charge in [-0.15, -0.1) is 0 Å². The molecule has 0 aliphatic heterocycles. The van der Waals surface area contributed by atoms with Gasteiger partial charge in [0.15, 0.2) is 0 Å². The molecule has 0 radical (unpaired) electrons. The third-order valence-electron chi connectivity index (χ3n) is 4.21. The zero-order chi connectivity index (χ0) is 14.0. The summed E-state index contributed by atoms with van der Waals surface area (Å²) >= 11 is 0. The van der Waals surface area contributed by atoms with Gasteiger partial charge in [-0.3, -0.25) is 4.68 Å². The molecule has 2 atom stereocenters. The van der Waals surface area contributed by atoms with Crippen molar-refractivity contribution in [1.82, 2.24) is 15.1 Å². The number of aryl methyl sites for hydroxylation is 1. The largest absolute Gasteiger partial charge is 0.379 e. The van der Waals surface area contributed by atoms with Gasteiger partial charge in [0.2, 0.25) is 0 Å². The summed E-state index contributed by atoms with van der Waals surface area (Å²) in [5.74, 6) is 0. The van der Waals surface area contributed by atoms with E-state index in [2.05, 4.69) is 31.2 Å². The highest BCUT2D eigenvalue weighted by atomic mass is 16.5. The van der Waals surface area contributed by atoms with E-state index < -0.39 is 0 Å². The Morgan fingerprint density at radius 1 is 1.58 bits per heavy atom. The lowest BCUT2D eigenvalue weighted by Crippen LogP contribution is -2.38. The van der Waals surface area contributed by atoms with Gasteiger partial charge < -0.3 is 10.1 Å². The van der Waals surface area contributed by atoms with Crippen LogP contribution in [0.15, 0.2) is 6.20 Å². The average Bonchev–Trinajstić information content (AvgIpc) is 2.72. The van der Waals surface area contributed by atoms with Crippen LogP contribution in [0.2, 0.25) is 0 Å². The van der Waals surface area contributed by atoms with Crippen LogP contribution in [0, 0.1) is 0 Å². The third-order valence-corrected chi connectivity index (χ3v) is 4.21. The minimum Gasteiger partial charge on any atom is -0.379 e. The van der Waals surface area contributed by atoms with Gasteiger partial charge in [0.05, 0.1) is 11.8 Å². The lowest BCUT2D eigenvalue weighted by molar-refractivity contribution is 0.00747. The monoisotopic (exact) mass is 265 g/mol. The lowest BCUT2D eigenvalue weighted by atomic mass is 9.91. The van der Waals surface area contributed by atoms with E-state index in [0.29, 0.717) is 12.1 Å². The first-order chi connectivity index (χ1) is 8.93. The van der Waals surface area contributed by atoms with Crippen molar-refractivity contribution in [3.8, 4) is 0 Å². The van der Waals surface area contributed by atoms with E-state index in [1.54, 1.807) is 7.11 Å². The van der Waals surface area contributed by atoms with E-state index in [4.69, 9.17) is 4.74 Å². The zero-order valence-electron chi connectivity index (χ0n) is 12.9. The van der Waals surface area contributed by atoms with Gasteiger partial charge >= 0.3 is 0 Å². The van der Waals surface area contributed by atoms with Crippen molar-refractivity contribution in [2.75, 3.05) is 7.11 Å². The molecule has 19 heavy (non-hydrogen) atoms. The van der Waals surface area contributed by atoms with Crippen LogP contribution in [0.3, 0.4) is 0 Å². The highest BCUT2D eigenvalue weighted by Gasteiger charge is 2.26. The maximum Gasteiger partial charge on any atom is 0.0637 e. The van der Waals surface area contributed by atoms with E-state index in [0.717, 1.165) is 12.8 Å². The molecular weight excluding hydrogens is 238 g/mol. The summed E-state index contributed by atoms with van der Waals surface area (Å²) in [7, 11) is 3.82. The normalized spacial score (nSPS) is 21.2. The minimum atomic E-state index is -0.0706. The Hall–Kier alpha value is -0.870. The van der Waals surface area contributed by atoms with Crippen molar-refractivity contribution < 1.29 is 4.74 Å². The molecule has 0 saturated heterocycles. The number of aromatic nitrogens is 2. The van der Waals surface area contributed by atoms with E-state index >= 15 is 0 Å². The Morgan fingerprint density at radius 2 is 2.32 bits per heavy atom. The summed E-state index contributed by atoms with van der Waals surface area (Å²) in [4.78, 5) is 0. The number of methoxy groups -OCH3 is 1. The van der Waals surface area contributed by atoms with Gasteiger partial charge in [-0.05, 0) is 46.5 Å². The average molecular weight is 265 g/mol. The summed E-state index contributed by atoms with van der Waals surface area (Å²) in [6.07, 6.45) is 6.64. The molecule has 2 rings (SSSR count).